The SMILES string of the molecule is CCCN1CC(CO)OC1c1ccccn1. The van der Waals surface area contributed by atoms with Gasteiger partial charge in [0.05, 0.1) is 18.4 Å². The normalized spacial score (nSPS) is 26.1. The van der Waals surface area contributed by atoms with Crippen molar-refractivity contribution in [3.63, 3.8) is 0 Å². The fraction of sp³-hybridized carbons (Fsp3) is 0.583. The topological polar surface area (TPSA) is 45.6 Å². The Kier molecular flexibility index (Phi) is 3.88. The summed E-state index contributed by atoms with van der Waals surface area (Å²) < 4.78 is 5.78. The lowest BCUT2D eigenvalue weighted by molar-refractivity contribution is -0.0219. The molecule has 0 aliphatic carbocycles. The van der Waals surface area contributed by atoms with E-state index < -0.39 is 0 Å². The predicted molar refractivity (Wildman–Crippen MR) is 60.8 cm³/mol. The Balaban J connectivity index is 2.12. The number of rotatable bonds is 4. The van der Waals surface area contributed by atoms with Crippen LogP contribution in [0.5, 0.6) is 0 Å². The summed E-state index contributed by atoms with van der Waals surface area (Å²) in [6.45, 7) is 3.97. The van der Waals surface area contributed by atoms with E-state index in [0.717, 1.165) is 25.2 Å². The van der Waals surface area contributed by atoms with Crippen LogP contribution >= 0.6 is 0 Å². The highest BCUT2D eigenvalue weighted by molar-refractivity contribution is 5.08. The summed E-state index contributed by atoms with van der Waals surface area (Å²) in [6.07, 6.45) is 2.66. The van der Waals surface area contributed by atoms with E-state index in [1.807, 2.05) is 18.2 Å². The molecular formula is C12H18N2O2. The number of aliphatic hydroxyl groups is 1. The summed E-state index contributed by atoms with van der Waals surface area (Å²) in [4.78, 5) is 6.54. The third-order valence-electron chi connectivity index (χ3n) is 2.75. The van der Waals surface area contributed by atoms with Crippen molar-refractivity contribution in [2.24, 2.45) is 0 Å². The number of ether oxygens (including phenoxy) is 1. The molecule has 2 atom stereocenters. The second-order valence-electron chi connectivity index (χ2n) is 4.04. The van der Waals surface area contributed by atoms with Crippen molar-refractivity contribution >= 4 is 0 Å². The standard InChI is InChI=1S/C12H18N2O2/c1-2-7-14-8-10(9-15)16-12(14)11-5-3-4-6-13-11/h3-6,10,12,15H,2,7-9H2,1H3. The molecule has 0 radical (unpaired) electrons. The number of aromatic nitrogens is 1. The van der Waals surface area contributed by atoms with Crippen molar-refractivity contribution in [3.05, 3.63) is 30.1 Å². The van der Waals surface area contributed by atoms with Crippen LogP contribution in [0.1, 0.15) is 25.3 Å². The van der Waals surface area contributed by atoms with Gasteiger partial charge in [0.25, 0.3) is 0 Å². The van der Waals surface area contributed by atoms with Crippen LogP contribution in [0.15, 0.2) is 24.4 Å². The molecule has 1 fully saturated rings. The lowest BCUT2D eigenvalue weighted by Gasteiger charge is -2.21. The van der Waals surface area contributed by atoms with Gasteiger partial charge in [0, 0.05) is 19.3 Å². The van der Waals surface area contributed by atoms with Crippen molar-refractivity contribution in [3.8, 4) is 0 Å². The van der Waals surface area contributed by atoms with E-state index in [1.54, 1.807) is 6.20 Å². The zero-order chi connectivity index (χ0) is 11.4. The Morgan fingerprint density at radius 2 is 2.44 bits per heavy atom. The Labute approximate surface area is 95.9 Å². The Morgan fingerprint density at radius 1 is 1.56 bits per heavy atom. The molecular weight excluding hydrogens is 204 g/mol. The van der Waals surface area contributed by atoms with E-state index in [4.69, 9.17) is 9.84 Å². The van der Waals surface area contributed by atoms with E-state index in [1.165, 1.54) is 0 Å². The Bertz CT molecular complexity index is 318. The molecule has 0 aromatic carbocycles. The van der Waals surface area contributed by atoms with Gasteiger partial charge in [-0.1, -0.05) is 13.0 Å². The maximum atomic E-state index is 9.14. The van der Waals surface area contributed by atoms with Crippen LogP contribution < -0.4 is 0 Å². The van der Waals surface area contributed by atoms with E-state index in [-0.39, 0.29) is 18.9 Å². The molecule has 16 heavy (non-hydrogen) atoms. The van der Waals surface area contributed by atoms with Gasteiger partial charge in [-0.3, -0.25) is 9.88 Å². The van der Waals surface area contributed by atoms with Crippen LogP contribution in [-0.4, -0.2) is 40.8 Å². The van der Waals surface area contributed by atoms with E-state index in [0.29, 0.717) is 0 Å². The number of nitrogens with zero attached hydrogens (tertiary/aromatic N) is 2. The maximum Gasteiger partial charge on any atom is 0.154 e. The van der Waals surface area contributed by atoms with Crippen molar-refractivity contribution in [1.82, 2.24) is 9.88 Å². The van der Waals surface area contributed by atoms with Crippen LogP contribution in [0.25, 0.3) is 0 Å². The largest absolute Gasteiger partial charge is 0.394 e. The average Bonchev–Trinajstić information content (AvgIpc) is 2.74. The summed E-state index contributed by atoms with van der Waals surface area (Å²) >= 11 is 0. The molecule has 1 aliphatic rings. The van der Waals surface area contributed by atoms with Crippen LogP contribution in [0.3, 0.4) is 0 Å². The fourth-order valence-corrected chi connectivity index (χ4v) is 2.04. The summed E-state index contributed by atoms with van der Waals surface area (Å²) in [5, 5.41) is 9.14. The minimum absolute atomic E-state index is 0.0730. The van der Waals surface area contributed by atoms with E-state index >= 15 is 0 Å². The minimum atomic E-state index is -0.0988. The Morgan fingerprint density at radius 3 is 3.06 bits per heavy atom. The van der Waals surface area contributed by atoms with Crippen LogP contribution in [-0.2, 0) is 4.74 Å². The van der Waals surface area contributed by atoms with Gasteiger partial charge in [-0.05, 0) is 18.6 Å². The monoisotopic (exact) mass is 222 g/mol. The van der Waals surface area contributed by atoms with Gasteiger partial charge in [-0.2, -0.15) is 0 Å². The average molecular weight is 222 g/mol. The first kappa shape index (κ1) is 11.5. The third kappa shape index (κ3) is 2.40. The summed E-state index contributed by atoms with van der Waals surface area (Å²) in [6, 6.07) is 5.82. The first-order chi connectivity index (χ1) is 7.85. The Hall–Kier alpha value is -0.970. The van der Waals surface area contributed by atoms with Gasteiger partial charge in [0.15, 0.2) is 6.23 Å². The molecule has 0 bridgehead atoms. The predicted octanol–water partition coefficient (Wildman–Crippen LogP) is 1.18. The van der Waals surface area contributed by atoms with E-state index in [9.17, 15) is 0 Å². The fourth-order valence-electron chi connectivity index (χ4n) is 2.04. The number of aliphatic hydroxyl groups excluding tert-OH is 1. The zero-order valence-electron chi connectivity index (χ0n) is 9.54. The highest BCUT2D eigenvalue weighted by atomic mass is 16.5. The molecule has 4 heteroatoms. The van der Waals surface area contributed by atoms with E-state index in [2.05, 4.69) is 16.8 Å². The van der Waals surface area contributed by atoms with Crippen molar-refractivity contribution < 1.29 is 9.84 Å². The van der Waals surface area contributed by atoms with Gasteiger partial charge < -0.3 is 9.84 Å². The highest BCUT2D eigenvalue weighted by Gasteiger charge is 2.33. The minimum Gasteiger partial charge on any atom is -0.394 e. The molecule has 2 unspecified atom stereocenters. The molecule has 1 aliphatic heterocycles. The molecule has 2 rings (SSSR count). The van der Waals surface area contributed by atoms with Gasteiger partial charge >= 0.3 is 0 Å². The molecule has 0 amide bonds. The van der Waals surface area contributed by atoms with Gasteiger partial charge in [-0.15, -0.1) is 0 Å². The van der Waals surface area contributed by atoms with Crippen LogP contribution in [0.4, 0.5) is 0 Å². The summed E-state index contributed by atoms with van der Waals surface area (Å²) in [5.41, 5.74) is 0.923. The second kappa shape index (κ2) is 5.39. The molecule has 4 nitrogen and oxygen atoms in total. The molecule has 1 aromatic rings. The smallest absolute Gasteiger partial charge is 0.154 e. The molecule has 0 spiro atoms. The quantitative estimate of drug-likeness (QED) is 0.831. The van der Waals surface area contributed by atoms with Crippen molar-refractivity contribution in [1.29, 1.82) is 0 Å². The van der Waals surface area contributed by atoms with Crippen molar-refractivity contribution in [2.45, 2.75) is 25.7 Å². The molecule has 88 valence electrons. The van der Waals surface area contributed by atoms with Gasteiger partial charge in [0.2, 0.25) is 0 Å². The molecule has 2 heterocycles. The number of hydrogen-bond acceptors (Lipinski definition) is 4. The molecule has 1 saturated heterocycles. The first-order valence-corrected chi connectivity index (χ1v) is 5.76. The van der Waals surface area contributed by atoms with Gasteiger partial charge in [-0.25, -0.2) is 0 Å². The molecule has 0 saturated carbocycles. The molecule has 1 aromatic heterocycles. The zero-order valence-corrected chi connectivity index (χ0v) is 9.54. The van der Waals surface area contributed by atoms with Crippen molar-refractivity contribution in [2.75, 3.05) is 19.7 Å². The van der Waals surface area contributed by atoms with Gasteiger partial charge in [0.1, 0.15) is 0 Å². The lowest BCUT2D eigenvalue weighted by atomic mass is 10.3. The number of pyridine rings is 1. The highest BCUT2D eigenvalue weighted by Crippen LogP contribution is 2.28. The summed E-state index contributed by atoms with van der Waals surface area (Å²) in [5.74, 6) is 0. The number of hydrogen-bond donors (Lipinski definition) is 1. The van der Waals surface area contributed by atoms with Crippen LogP contribution in [0, 0.1) is 0 Å². The second-order valence-corrected chi connectivity index (χ2v) is 4.04. The summed E-state index contributed by atoms with van der Waals surface area (Å²) in [7, 11) is 0. The third-order valence-corrected chi connectivity index (χ3v) is 2.75. The lowest BCUT2D eigenvalue weighted by Crippen LogP contribution is -2.26. The van der Waals surface area contributed by atoms with Crippen LogP contribution in [0.2, 0.25) is 0 Å². The first-order valence-electron chi connectivity index (χ1n) is 5.76. The molecule has 1 N–H and O–H groups in total. The maximum absolute atomic E-state index is 9.14.